The molecule has 2 N–H and O–H groups in total. The minimum absolute atomic E-state index is 0.0660. The lowest BCUT2D eigenvalue weighted by molar-refractivity contribution is 0.0197. The van der Waals surface area contributed by atoms with Crippen molar-refractivity contribution in [1.82, 2.24) is 14.7 Å². The third kappa shape index (κ3) is 5.15. The summed E-state index contributed by atoms with van der Waals surface area (Å²) < 4.78 is 13.0. The first-order chi connectivity index (χ1) is 16.2. The lowest BCUT2D eigenvalue weighted by atomic mass is 9.94. The number of benzene rings is 2. The van der Waals surface area contributed by atoms with Crippen LogP contribution in [0, 0.1) is 6.57 Å². The molecule has 2 aromatic carbocycles. The number of para-hydroxylation sites is 1. The number of nitrogen functional groups attached to an aromatic ring is 1. The molecule has 176 valence electrons. The number of piperidine rings is 1. The van der Waals surface area contributed by atoms with Crippen molar-refractivity contribution in [2.75, 3.05) is 18.8 Å². The van der Waals surface area contributed by atoms with Crippen molar-refractivity contribution >= 4 is 17.6 Å². The van der Waals surface area contributed by atoms with E-state index in [-0.39, 0.29) is 17.8 Å². The van der Waals surface area contributed by atoms with Gasteiger partial charge in [-0.2, -0.15) is 4.68 Å². The van der Waals surface area contributed by atoms with Gasteiger partial charge in [0.2, 0.25) is 0 Å². The smallest absolute Gasteiger partial charge is 0.410 e. The predicted molar refractivity (Wildman–Crippen MR) is 131 cm³/mol. The number of nitrogens with zero attached hydrogens (tertiary/aromatic N) is 4. The monoisotopic (exact) mass is 459 g/mol. The maximum Gasteiger partial charge on any atom is 0.410 e. The SMILES string of the molecule is [C-]#[N+]c1c(N)c(C2CCCN(C(=O)OC(C)(C)C)C2)nn1-c1ccc(Oc2ccccc2)cc1. The molecule has 34 heavy (non-hydrogen) atoms. The zero-order chi connectivity index (χ0) is 24.3. The van der Waals surface area contributed by atoms with E-state index in [4.69, 9.17) is 26.9 Å². The van der Waals surface area contributed by atoms with Crippen molar-refractivity contribution in [3.63, 3.8) is 0 Å². The molecule has 1 aromatic heterocycles. The number of hydrogen-bond acceptors (Lipinski definition) is 5. The Morgan fingerprint density at radius 1 is 1.12 bits per heavy atom. The molecule has 1 amide bonds. The number of carbonyl (C=O) groups is 1. The number of anilines is 1. The second kappa shape index (κ2) is 9.48. The zero-order valence-corrected chi connectivity index (χ0v) is 19.7. The number of rotatable bonds is 4. The molecule has 1 aliphatic heterocycles. The second-order valence-corrected chi connectivity index (χ2v) is 9.32. The normalized spacial score (nSPS) is 16.1. The summed E-state index contributed by atoms with van der Waals surface area (Å²) in [6.07, 6.45) is 1.31. The Hall–Kier alpha value is -3.99. The molecule has 0 bridgehead atoms. The Bertz CT molecular complexity index is 1190. The first kappa shape index (κ1) is 23.2. The van der Waals surface area contributed by atoms with Crippen LogP contribution >= 0.6 is 0 Å². The van der Waals surface area contributed by atoms with E-state index in [9.17, 15) is 4.79 Å². The minimum atomic E-state index is -0.557. The van der Waals surface area contributed by atoms with Gasteiger partial charge in [-0.25, -0.2) is 4.79 Å². The average Bonchev–Trinajstić information content (AvgIpc) is 3.15. The van der Waals surface area contributed by atoms with Crippen molar-refractivity contribution in [2.24, 2.45) is 0 Å². The van der Waals surface area contributed by atoms with Crippen LogP contribution in [-0.4, -0.2) is 39.5 Å². The Morgan fingerprint density at radius 3 is 2.44 bits per heavy atom. The second-order valence-electron chi connectivity index (χ2n) is 9.32. The van der Waals surface area contributed by atoms with Crippen LogP contribution < -0.4 is 10.5 Å². The number of nitrogens with two attached hydrogens (primary N) is 1. The van der Waals surface area contributed by atoms with Crippen molar-refractivity contribution in [1.29, 1.82) is 0 Å². The summed E-state index contributed by atoms with van der Waals surface area (Å²) in [5, 5.41) is 4.71. The van der Waals surface area contributed by atoms with Crippen LogP contribution in [0.5, 0.6) is 11.5 Å². The van der Waals surface area contributed by atoms with Gasteiger partial charge in [-0.3, -0.25) is 0 Å². The van der Waals surface area contributed by atoms with Crippen LogP contribution in [0.4, 0.5) is 16.3 Å². The van der Waals surface area contributed by atoms with E-state index in [1.54, 1.807) is 9.58 Å². The molecule has 1 aliphatic rings. The molecule has 1 unspecified atom stereocenters. The molecule has 2 heterocycles. The minimum Gasteiger partial charge on any atom is -0.457 e. The Labute approximate surface area is 199 Å². The molecule has 1 fully saturated rings. The molecule has 0 aliphatic carbocycles. The van der Waals surface area contributed by atoms with Crippen LogP contribution in [0.15, 0.2) is 54.6 Å². The number of ether oxygens (including phenoxy) is 2. The third-order valence-electron chi connectivity index (χ3n) is 5.55. The molecular weight excluding hydrogens is 430 g/mol. The zero-order valence-electron chi connectivity index (χ0n) is 19.7. The fourth-order valence-electron chi connectivity index (χ4n) is 4.00. The summed E-state index contributed by atoms with van der Waals surface area (Å²) in [4.78, 5) is 17.9. The summed E-state index contributed by atoms with van der Waals surface area (Å²) in [5.74, 6) is 1.62. The highest BCUT2D eigenvalue weighted by atomic mass is 16.6. The van der Waals surface area contributed by atoms with Gasteiger partial charge in [0.15, 0.2) is 0 Å². The first-order valence-electron chi connectivity index (χ1n) is 11.3. The van der Waals surface area contributed by atoms with Gasteiger partial charge in [0.05, 0.1) is 5.69 Å². The average molecular weight is 460 g/mol. The van der Waals surface area contributed by atoms with Crippen molar-refractivity contribution in [3.8, 4) is 17.2 Å². The van der Waals surface area contributed by atoms with Crippen LogP contribution in [-0.2, 0) is 4.74 Å². The van der Waals surface area contributed by atoms with Crippen molar-refractivity contribution < 1.29 is 14.3 Å². The van der Waals surface area contributed by atoms with Gasteiger partial charge in [0.25, 0.3) is 5.82 Å². The van der Waals surface area contributed by atoms with Crippen molar-refractivity contribution in [3.05, 3.63) is 71.7 Å². The summed E-state index contributed by atoms with van der Waals surface area (Å²) in [7, 11) is 0. The molecule has 0 radical (unpaired) electrons. The number of hydrogen-bond donors (Lipinski definition) is 1. The van der Waals surface area contributed by atoms with E-state index in [1.165, 1.54) is 0 Å². The lowest BCUT2D eigenvalue weighted by Gasteiger charge is -2.33. The predicted octanol–water partition coefficient (Wildman–Crippen LogP) is 5.91. The lowest BCUT2D eigenvalue weighted by Crippen LogP contribution is -2.42. The van der Waals surface area contributed by atoms with Gasteiger partial charge < -0.3 is 25.0 Å². The van der Waals surface area contributed by atoms with Crippen LogP contribution in [0.1, 0.15) is 45.2 Å². The van der Waals surface area contributed by atoms with E-state index in [1.807, 2.05) is 75.4 Å². The van der Waals surface area contributed by atoms with Crippen LogP contribution in [0.2, 0.25) is 0 Å². The summed E-state index contributed by atoms with van der Waals surface area (Å²) in [6, 6.07) is 16.9. The summed E-state index contributed by atoms with van der Waals surface area (Å²) in [6.45, 7) is 14.3. The Morgan fingerprint density at radius 2 is 1.79 bits per heavy atom. The van der Waals surface area contributed by atoms with E-state index in [0.29, 0.717) is 35.9 Å². The molecule has 8 heteroatoms. The van der Waals surface area contributed by atoms with E-state index >= 15 is 0 Å². The maximum absolute atomic E-state index is 12.6. The third-order valence-corrected chi connectivity index (χ3v) is 5.55. The van der Waals surface area contributed by atoms with Crippen molar-refractivity contribution in [2.45, 2.75) is 45.1 Å². The fraction of sp³-hybridized carbons (Fsp3) is 0.346. The van der Waals surface area contributed by atoms with Gasteiger partial charge in [-0.05, 0) is 70.0 Å². The molecule has 4 rings (SSSR count). The maximum atomic E-state index is 12.6. The standard InChI is InChI=1S/C26H29N5O3/c1-26(2,3)34-25(32)30-16-8-9-18(17-30)23-22(27)24(28-4)31(29-23)19-12-14-21(15-13-19)33-20-10-6-5-7-11-20/h5-7,10-15,18H,8-9,16-17,27H2,1-3H3. The largest absolute Gasteiger partial charge is 0.457 e. The molecule has 8 nitrogen and oxygen atoms in total. The van der Waals surface area contributed by atoms with Crippen LogP contribution in [0.25, 0.3) is 10.5 Å². The van der Waals surface area contributed by atoms with Gasteiger partial charge in [0.1, 0.15) is 28.5 Å². The van der Waals surface area contributed by atoms with E-state index < -0.39 is 5.60 Å². The highest BCUT2D eigenvalue weighted by Crippen LogP contribution is 2.37. The summed E-state index contributed by atoms with van der Waals surface area (Å²) in [5.41, 5.74) is 7.54. The molecular formula is C26H29N5O3. The Kier molecular flexibility index (Phi) is 6.46. The quantitative estimate of drug-likeness (QED) is 0.490. The fourth-order valence-corrected chi connectivity index (χ4v) is 4.00. The van der Waals surface area contributed by atoms with Gasteiger partial charge >= 0.3 is 6.09 Å². The first-order valence-corrected chi connectivity index (χ1v) is 11.3. The highest BCUT2D eigenvalue weighted by Gasteiger charge is 2.32. The van der Waals surface area contributed by atoms with Crippen LogP contribution in [0.3, 0.4) is 0 Å². The van der Waals surface area contributed by atoms with Gasteiger partial charge in [-0.15, -0.1) is 0 Å². The highest BCUT2D eigenvalue weighted by molar-refractivity contribution is 5.71. The van der Waals surface area contributed by atoms with Gasteiger partial charge in [0, 0.05) is 19.0 Å². The number of likely N-dealkylation sites (tertiary alicyclic amines) is 1. The summed E-state index contributed by atoms with van der Waals surface area (Å²) >= 11 is 0. The number of amides is 1. The molecule has 1 saturated heterocycles. The number of aromatic nitrogens is 2. The van der Waals surface area contributed by atoms with E-state index in [2.05, 4.69) is 4.85 Å². The van der Waals surface area contributed by atoms with E-state index in [0.717, 1.165) is 18.6 Å². The number of carbonyl (C=O) groups excluding carboxylic acids is 1. The molecule has 0 spiro atoms. The van der Waals surface area contributed by atoms with Gasteiger partial charge in [-0.1, -0.05) is 29.9 Å². The molecule has 0 saturated carbocycles. The topological polar surface area (TPSA) is 87.0 Å². The Balaban J connectivity index is 1.55. The molecule has 1 atom stereocenters. The molecule has 3 aromatic rings.